The number of para-hydroxylation sites is 1. The zero-order chi connectivity index (χ0) is 26.4. The van der Waals surface area contributed by atoms with Crippen LogP contribution in [-0.4, -0.2) is 61.5 Å². The fourth-order valence-corrected chi connectivity index (χ4v) is 5.01. The van der Waals surface area contributed by atoms with Gasteiger partial charge in [0.05, 0.1) is 18.9 Å². The summed E-state index contributed by atoms with van der Waals surface area (Å²) in [4.78, 5) is 21.8. The molecular weight excluding hydrogens is 490 g/mol. The molecule has 4 aromatic rings. The summed E-state index contributed by atoms with van der Waals surface area (Å²) in [7, 11) is 0. The van der Waals surface area contributed by atoms with Crippen molar-refractivity contribution in [3.8, 4) is 17.0 Å². The molecule has 8 nitrogen and oxygen atoms in total. The van der Waals surface area contributed by atoms with Gasteiger partial charge in [-0.05, 0) is 54.1 Å². The quantitative estimate of drug-likeness (QED) is 0.362. The summed E-state index contributed by atoms with van der Waals surface area (Å²) in [6.45, 7) is 6.41. The highest BCUT2D eigenvalue weighted by Crippen LogP contribution is 2.25. The van der Waals surface area contributed by atoms with Gasteiger partial charge in [-0.2, -0.15) is 0 Å². The largest absolute Gasteiger partial charge is 0.489 e. The summed E-state index contributed by atoms with van der Waals surface area (Å²) in [5, 5.41) is 3.03. The highest BCUT2D eigenvalue weighted by molar-refractivity contribution is 5.78. The number of ether oxygens (including phenoxy) is 2. The van der Waals surface area contributed by atoms with Gasteiger partial charge in [-0.15, -0.1) is 0 Å². The van der Waals surface area contributed by atoms with Crippen LogP contribution in [-0.2, 0) is 11.3 Å². The van der Waals surface area contributed by atoms with Crippen molar-refractivity contribution in [2.45, 2.75) is 6.61 Å². The Balaban J connectivity index is 0.980. The van der Waals surface area contributed by atoms with Crippen LogP contribution < -0.4 is 19.9 Å². The average Bonchev–Trinajstić information content (AvgIpc) is 3.47. The molecule has 8 heteroatoms. The zero-order valence-electron chi connectivity index (χ0n) is 21.9. The van der Waals surface area contributed by atoms with Crippen LogP contribution in [0.15, 0.2) is 91.4 Å². The van der Waals surface area contributed by atoms with Crippen LogP contribution in [0.5, 0.6) is 5.75 Å². The van der Waals surface area contributed by atoms with Crippen molar-refractivity contribution in [2.24, 2.45) is 5.92 Å². The molecule has 0 atom stereocenters. The van der Waals surface area contributed by atoms with Crippen LogP contribution in [0.25, 0.3) is 11.3 Å². The number of nitrogens with zero attached hydrogens (tertiary/aromatic N) is 4. The molecule has 200 valence electrons. The van der Waals surface area contributed by atoms with E-state index in [4.69, 9.17) is 9.47 Å². The fourth-order valence-electron chi connectivity index (χ4n) is 5.01. The maximum absolute atomic E-state index is 12.7. The fraction of sp³-hybridized carbons (Fsp3) is 0.290. The monoisotopic (exact) mass is 523 g/mol. The predicted octanol–water partition coefficient (Wildman–Crippen LogP) is 4.66. The molecule has 3 aromatic carbocycles. The zero-order valence-corrected chi connectivity index (χ0v) is 21.9. The van der Waals surface area contributed by atoms with E-state index in [0.717, 1.165) is 62.0 Å². The van der Waals surface area contributed by atoms with Gasteiger partial charge >= 0.3 is 6.03 Å². The van der Waals surface area contributed by atoms with Crippen LogP contribution >= 0.6 is 0 Å². The molecule has 6 rings (SSSR count). The Morgan fingerprint density at radius 3 is 2.49 bits per heavy atom. The second-order valence-corrected chi connectivity index (χ2v) is 10.0. The highest BCUT2D eigenvalue weighted by atomic mass is 16.5. The first kappa shape index (κ1) is 25.0. The number of carbonyl (C=O) groups excluding carboxylic acids is 1. The van der Waals surface area contributed by atoms with Crippen LogP contribution in [0.3, 0.4) is 0 Å². The number of hydrogen-bond acceptors (Lipinski definition) is 6. The molecule has 1 amide bonds. The van der Waals surface area contributed by atoms with Gasteiger partial charge in [0, 0.05) is 61.8 Å². The third-order valence-electron chi connectivity index (χ3n) is 7.28. The number of morpholine rings is 1. The molecule has 1 aromatic heterocycles. The Bertz CT molecular complexity index is 1380. The van der Waals surface area contributed by atoms with Crippen LogP contribution in [0, 0.1) is 5.92 Å². The molecule has 39 heavy (non-hydrogen) atoms. The smallest absolute Gasteiger partial charge is 0.326 e. The van der Waals surface area contributed by atoms with Gasteiger partial charge in [-0.3, -0.25) is 4.57 Å². The van der Waals surface area contributed by atoms with Gasteiger partial charge < -0.3 is 24.6 Å². The number of rotatable bonds is 8. The normalized spacial score (nSPS) is 15.6. The third-order valence-corrected chi connectivity index (χ3v) is 7.28. The molecule has 0 aliphatic carbocycles. The van der Waals surface area contributed by atoms with Gasteiger partial charge in [0.2, 0.25) is 0 Å². The maximum atomic E-state index is 12.7. The Hall–Kier alpha value is -4.30. The van der Waals surface area contributed by atoms with Crippen molar-refractivity contribution in [1.82, 2.24) is 14.9 Å². The molecule has 2 aliphatic rings. The van der Waals surface area contributed by atoms with E-state index in [2.05, 4.69) is 56.5 Å². The number of imidazole rings is 1. The third kappa shape index (κ3) is 6.07. The van der Waals surface area contributed by atoms with Crippen molar-refractivity contribution in [2.75, 3.05) is 55.7 Å². The number of aromatic nitrogens is 2. The molecule has 2 fully saturated rings. The number of amides is 1. The lowest BCUT2D eigenvalue weighted by molar-refractivity contribution is 0.122. The van der Waals surface area contributed by atoms with Crippen LogP contribution in [0.1, 0.15) is 5.56 Å². The van der Waals surface area contributed by atoms with E-state index in [1.807, 2.05) is 42.5 Å². The van der Waals surface area contributed by atoms with E-state index in [1.54, 1.807) is 12.5 Å². The van der Waals surface area contributed by atoms with E-state index in [-0.39, 0.29) is 6.03 Å². The maximum Gasteiger partial charge on any atom is 0.326 e. The minimum Gasteiger partial charge on any atom is -0.489 e. The number of benzene rings is 3. The Morgan fingerprint density at radius 1 is 0.923 bits per heavy atom. The minimum atomic E-state index is -0.161. The molecule has 3 heterocycles. The Morgan fingerprint density at radius 2 is 1.69 bits per heavy atom. The summed E-state index contributed by atoms with van der Waals surface area (Å²) < 4.78 is 13.0. The van der Waals surface area contributed by atoms with E-state index in [0.29, 0.717) is 19.1 Å². The second kappa shape index (κ2) is 11.6. The topological polar surface area (TPSA) is 71.9 Å². The molecule has 0 radical (unpaired) electrons. The molecule has 0 bridgehead atoms. The van der Waals surface area contributed by atoms with E-state index in [9.17, 15) is 4.79 Å². The van der Waals surface area contributed by atoms with E-state index in [1.165, 1.54) is 15.9 Å². The SMILES string of the molecule is O=C(NCC1CN(c2ccccc2)C1)n1cnc(-c2ccc(OCc3cccc(N4CCOCC4)c3)cc2)c1. The number of hydrogen-bond donors (Lipinski definition) is 1. The lowest BCUT2D eigenvalue weighted by atomic mass is 9.99. The van der Waals surface area contributed by atoms with Crippen LogP contribution in [0.2, 0.25) is 0 Å². The van der Waals surface area contributed by atoms with Crippen molar-refractivity contribution in [3.63, 3.8) is 0 Å². The molecule has 0 unspecified atom stereocenters. The molecule has 2 saturated heterocycles. The molecule has 1 N–H and O–H groups in total. The standard InChI is InChI=1S/C31H33N5O3/c37-31(32-18-25-19-35(20-25)27-6-2-1-3-7-27)36-21-30(33-23-36)26-9-11-29(12-10-26)39-22-24-5-4-8-28(17-24)34-13-15-38-16-14-34/h1-12,17,21,23,25H,13-16,18-20,22H2,(H,32,37). The molecule has 2 aliphatic heterocycles. The summed E-state index contributed by atoms with van der Waals surface area (Å²) in [6, 6.07) is 26.5. The van der Waals surface area contributed by atoms with Gasteiger partial charge in [-0.25, -0.2) is 9.78 Å². The average molecular weight is 524 g/mol. The van der Waals surface area contributed by atoms with Crippen molar-refractivity contribution < 1.29 is 14.3 Å². The van der Waals surface area contributed by atoms with E-state index >= 15 is 0 Å². The van der Waals surface area contributed by atoms with Gasteiger partial charge in [-0.1, -0.05) is 30.3 Å². The first-order valence-corrected chi connectivity index (χ1v) is 13.5. The number of nitrogens with one attached hydrogen (secondary N) is 1. The van der Waals surface area contributed by atoms with E-state index < -0.39 is 0 Å². The molecular formula is C31H33N5O3. The lowest BCUT2D eigenvalue weighted by Gasteiger charge is -2.41. The number of carbonyl (C=O) groups is 1. The number of anilines is 2. The van der Waals surface area contributed by atoms with Crippen LogP contribution in [0.4, 0.5) is 16.2 Å². The summed E-state index contributed by atoms with van der Waals surface area (Å²) in [5.74, 6) is 1.24. The van der Waals surface area contributed by atoms with Crippen molar-refractivity contribution >= 4 is 17.4 Å². The predicted molar refractivity (Wildman–Crippen MR) is 152 cm³/mol. The summed E-state index contributed by atoms with van der Waals surface area (Å²) in [6.07, 6.45) is 3.33. The van der Waals surface area contributed by atoms with Crippen molar-refractivity contribution in [3.05, 3.63) is 97.0 Å². The minimum absolute atomic E-state index is 0.161. The molecule has 0 spiro atoms. The first-order valence-electron chi connectivity index (χ1n) is 13.5. The Labute approximate surface area is 228 Å². The summed E-state index contributed by atoms with van der Waals surface area (Å²) in [5.41, 5.74) is 5.24. The van der Waals surface area contributed by atoms with Gasteiger partial charge in [0.25, 0.3) is 0 Å². The highest BCUT2D eigenvalue weighted by Gasteiger charge is 2.27. The van der Waals surface area contributed by atoms with Gasteiger partial charge in [0.1, 0.15) is 18.7 Å². The Kier molecular flexibility index (Phi) is 7.45. The first-order chi connectivity index (χ1) is 19.2. The van der Waals surface area contributed by atoms with Crippen molar-refractivity contribution in [1.29, 1.82) is 0 Å². The second-order valence-electron chi connectivity index (χ2n) is 10.0. The summed E-state index contributed by atoms with van der Waals surface area (Å²) >= 11 is 0. The lowest BCUT2D eigenvalue weighted by Crippen LogP contribution is -2.51. The van der Waals surface area contributed by atoms with Gasteiger partial charge in [0.15, 0.2) is 0 Å². The molecule has 0 saturated carbocycles.